The number of carbonyl (C=O) groups excluding carboxylic acids is 1. The number of aliphatic hydroxyl groups is 9. The maximum atomic E-state index is 12.9. The summed E-state index contributed by atoms with van der Waals surface area (Å²) in [7, 11) is -5.44. The van der Waals surface area contributed by atoms with Crippen molar-refractivity contribution in [2.24, 2.45) is 120 Å². The molecule has 0 saturated heterocycles. The summed E-state index contributed by atoms with van der Waals surface area (Å²) < 4.78 is 19.2. The number of rotatable bonds is 6. The Bertz CT molecular complexity index is 3710. The minimum Gasteiger partial charge on any atom is -0.701 e. The van der Waals surface area contributed by atoms with Gasteiger partial charge >= 0.3 is 37.7 Å². The Labute approximate surface area is 757 Å². The van der Waals surface area contributed by atoms with Gasteiger partial charge in [0.05, 0.1) is 50.8 Å². The van der Waals surface area contributed by atoms with E-state index in [1.807, 2.05) is 18.2 Å². The Balaban J connectivity index is 0.000000187. The Morgan fingerprint density at radius 2 is 0.742 bits per heavy atom. The minimum atomic E-state index is -1.71. The number of hydrogen-bond acceptors (Lipinski definition) is 12. The number of fused-ring (bicyclic) bond motifs is 20. The molecule has 16 aliphatic carbocycles. The second-order valence-corrected chi connectivity index (χ2v) is 61.9. The van der Waals surface area contributed by atoms with E-state index in [2.05, 4.69) is 170 Å². The number of ketones is 1. The fourth-order valence-corrected chi connectivity index (χ4v) is 30.6. The van der Waals surface area contributed by atoms with Crippen LogP contribution < -0.4 is 37.7 Å². The van der Waals surface area contributed by atoms with Gasteiger partial charge in [-0.05, 0) is 304 Å². The largest absolute Gasteiger partial charge is 1.00 e. The third kappa shape index (κ3) is 19.4. The number of Topliss-reactive ketones (excluding diaryl/α,β-unsaturated/α-hetero) is 1. The van der Waals surface area contributed by atoms with Gasteiger partial charge in [-0.2, -0.15) is 6.42 Å². The molecule has 0 heterocycles. The van der Waals surface area contributed by atoms with Crippen molar-refractivity contribution in [3.05, 3.63) is 59.9 Å². The van der Waals surface area contributed by atoms with Gasteiger partial charge in [0, 0.05) is 28.1 Å². The number of allylic oxidation sites excluding steroid dienone is 1. The Hall–Kier alpha value is -2.11. The van der Waals surface area contributed by atoms with Gasteiger partial charge < -0.3 is 73.7 Å². The van der Waals surface area contributed by atoms with E-state index < -0.39 is 68.3 Å². The van der Waals surface area contributed by atoms with Crippen molar-refractivity contribution >= 4 is 38.9 Å². The molecular weight excluding hydrogens is 1540 g/mol. The molecule has 18 heteroatoms. The van der Waals surface area contributed by atoms with Crippen molar-refractivity contribution in [3.8, 4) is 54.5 Å². The molecule has 0 aromatic carbocycles. The van der Waals surface area contributed by atoms with Gasteiger partial charge in [-0.15, -0.1) is 31.2 Å². The minimum absolute atomic E-state index is 0. The van der Waals surface area contributed by atoms with Crippen LogP contribution in [0, 0.1) is 188 Å². The zero-order valence-corrected chi connectivity index (χ0v) is 82.7. The van der Waals surface area contributed by atoms with Crippen LogP contribution in [0.3, 0.4) is 0 Å². The van der Waals surface area contributed by atoms with Gasteiger partial charge in [0.15, 0.2) is 8.32 Å². The van der Waals surface area contributed by atoms with Gasteiger partial charge in [0.25, 0.3) is 8.68 Å². The van der Waals surface area contributed by atoms with Crippen LogP contribution in [0.2, 0.25) is 71.0 Å². The first-order valence-corrected chi connectivity index (χ1v) is 59.0. The summed E-state index contributed by atoms with van der Waals surface area (Å²) in [5.74, 6) is 13.4. The predicted molar refractivity (Wildman–Crippen MR) is 487 cm³/mol. The second kappa shape index (κ2) is 38.5. The summed E-state index contributed by atoms with van der Waals surface area (Å²) in [6.07, 6.45) is 63.4. The van der Waals surface area contributed by atoms with E-state index in [0.29, 0.717) is 85.7 Å². The molecule has 12 unspecified atom stereocenters. The van der Waals surface area contributed by atoms with Gasteiger partial charge in [-0.3, -0.25) is 4.79 Å². The van der Waals surface area contributed by atoms with Crippen LogP contribution in [0.1, 0.15) is 262 Å². The fraction of sp³-hybridized carbons (Fsp3) is 0.804. The molecule has 12 fully saturated rings. The molecule has 12 nitrogen and oxygen atoms in total. The molecule has 658 valence electrons. The number of carbonyl (C=O) groups is 1. The van der Waals surface area contributed by atoms with Crippen LogP contribution in [-0.4, -0.2) is 144 Å². The Morgan fingerprint density at radius 3 is 1.04 bits per heavy atom. The molecule has 0 spiro atoms. The maximum absolute atomic E-state index is 12.9. The molecule has 0 aliphatic heterocycles. The van der Waals surface area contributed by atoms with Crippen molar-refractivity contribution in [2.75, 3.05) is 0 Å². The van der Waals surface area contributed by atoms with Crippen LogP contribution in [0.4, 0.5) is 0 Å². The Morgan fingerprint density at radius 1 is 0.450 bits per heavy atom. The zero-order chi connectivity index (χ0) is 87.7. The maximum Gasteiger partial charge on any atom is 1.00 e. The SMILES string of the molecule is C#C[C@]1(O)CCC2C3C(CC[C@@]21C)[C@@]1(C)CC[C@H](O)CC1=C[C@@H]3O.C#C[C@]1(O)CCC2C3C(CC[C@@]21C)[C@@]1(C)CC[C@H](O)CC1=C[C@@H]3O.C#C[C@]1(O)CCC2C3C(CC[C@@]21C)[C@@]1(C)CC[C@H](O)CC1=C[C@@H]3O.C#C[Si](C)(C)C.CC[Si](=O)C[C@H]1CC[C@@]2(C)C(=C[C@H](O[Si](C)(C)C)C3C2CC[C@]2(C)C(=O)CCC32)C1.[C-]#C[Si](C)(C)C.[CH2-]CCC.[Li+].[Li+]. The van der Waals surface area contributed by atoms with Crippen molar-refractivity contribution < 1.29 is 97.4 Å². The van der Waals surface area contributed by atoms with Crippen molar-refractivity contribution in [2.45, 2.75) is 392 Å². The molecule has 31 atom stereocenters. The summed E-state index contributed by atoms with van der Waals surface area (Å²) in [5.41, 5.74) is 7.00. The van der Waals surface area contributed by atoms with E-state index in [0.717, 1.165) is 141 Å². The summed E-state index contributed by atoms with van der Waals surface area (Å²) in [5, 5.41) is 96.0. The van der Waals surface area contributed by atoms with Gasteiger partial charge in [0.1, 0.15) is 30.7 Å². The average molecular weight is 1700 g/mol. The fourth-order valence-electron chi connectivity index (χ4n) is 28.3. The molecule has 16 aliphatic rings. The molecule has 0 bridgehead atoms. The number of aliphatic hydroxyl groups excluding tert-OH is 6. The zero-order valence-electron chi connectivity index (χ0n) is 78.7. The standard InChI is InChI=1S/C25H42O3Si2.3C21H30O3.C5H10Si.C5H9Si.C4H9.2Li/c1-7-29(27)16-17-10-12-24(2)18(14-17)15-21(28-30(4,5)6)23-19-8-9-22(26)25(19,3)13-11-20(23)24;3*1-4-21(24)10-7-16-18-15(6-9-20(16,21)3)19(2)8-5-14(22)11-13(19)12-17(18)23;2*1-5-6(2,3)4;1-3-4-2;;/h15,17,19-21,23H,7-14,16H2,1-6H3;3*1,12,14-18,22-24H,5-11H2,2-3H3;1H,2-4H3;2-4H3;1,3-4H2,2H3;;/q;;;;;2*-1;2*+1/t17-,19?,20?,21-,23?,24-,25-;3*14-,15?,16?,17-,18?,19-,20-,21-;;;;;/m0000...../s1. The summed E-state index contributed by atoms with van der Waals surface area (Å²) in [6.45, 7) is 45.6. The third-order valence-corrected chi connectivity index (χ3v) is 40.4. The third-order valence-electron chi connectivity index (χ3n) is 36.0. The normalized spacial score (nSPS) is 46.0. The molecule has 120 heavy (non-hydrogen) atoms. The predicted octanol–water partition coefficient (Wildman–Crippen LogP) is 12.9. The number of unbranched alkanes of at least 4 members (excludes halogenated alkanes) is 1. The van der Waals surface area contributed by atoms with Gasteiger partial charge in [-0.1, -0.05) is 179 Å². The topological polar surface area (TPSA) is 225 Å². The van der Waals surface area contributed by atoms with E-state index in [9.17, 15) is 55.2 Å². The molecule has 16 rings (SSSR count). The second-order valence-electron chi connectivity index (χ2n) is 45.7. The van der Waals surface area contributed by atoms with Crippen molar-refractivity contribution in [1.29, 1.82) is 0 Å². The van der Waals surface area contributed by atoms with Crippen LogP contribution >= 0.6 is 0 Å². The van der Waals surface area contributed by atoms with Crippen molar-refractivity contribution in [1.82, 2.24) is 0 Å². The Kier molecular flexibility index (Phi) is 33.1. The van der Waals surface area contributed by atoms with E-state index in [-0.39, 0.29) is 141 Å². The monoisotopic (exact) mass is 1700 g/mol. The van der Waals surface area contributed by atoms with E-state index >= 15 is 0 Å². The first kappa shape index (κ1) is 103. The summed E-state index contributed by atoms with van der Waals surface area (Å²) in [4.78, 5) is 12.9. The van der Waals surface area contributed by atoms with Crippen molar-refractivity contribution in [3.63, 3.8) is 0 Å². The van der Waals surface area contributed by atoms with Gasteiger partial charge in [-0.25, -0.2) is 0 Å². The summed E-state index contributed by atoms with van der Waals surface area (Å²) >= 11 is 0. The molecule has 0 aromatic heterocycles. The molecular formula is C102H160Li2O12Si4. The van der Waals surface area contributed by atoms with Crippen LogP contribution in [-0.2, 0) is 13.7 Å². The van der Waals surface area contributed by atoms with Gasteiger partial charge in [0.2, 0.25) is 0 Å². The first-order chi connectivity index (χ1) is 54.8. The van der Waals surface area contributed by atoms with Crippen LogP contribution in [0.15, 0.2) is 46.6 Å². The van der Waals surface area contributed by atoms with Crippen LogP contribution in [0.5, 0.6) is 0 Å². The average Bonchev–Trinajstić information content (AvgIpc) is 1.39. The molecule has 0 amide bonds. The molecule has 9 N–H and O–H groups in total. The first-order valence-electron chi connectivity index (χ1n) is 46.7. The van der Waals surface area contributed by atoms with E-state index in [1.54, 1.807) is 5.57 Å². The molecule has 0 radical (unpaired) electrons. The number of hydrogen-bond donors (Lipinski definition) is 9. The quantitative estimate of drug-likeness (QED) is 0.0524. The van der Waals surface area contributed by atoms with Crippen LogP contribution in [0.25, 0.3) is 0 Å². The summed E-state index contributed by atoms with van der Waals surface area (Å²) in [6, 6.07) is 1.77. The molecule has 0 aromatic rings. The number of terminal acetylenes is 4. The smallest absolute Gasteiger partial charge is 0.701 e. The molecule has 12 saturated carbocycles. The van der Waals surface area contributed by atoms with E-state index in [1.165, 1.54) is 42.4 Å². The van der Waals surface area contributed by atoms with E-state index in [4.69, 9.17) is 36.5 Å².